The van der Waals surface area contributed by atoms with Crippen molar-refractivity contribution in [2.75, 3.05) is 0 Å². The molecule has 0 N–H and O–H groups in total. The Balaban J connectivity index is 1.31. The number of nitrogens with zero attached hydrogens (tertiary/aromatic N) is 2. The van der Waals surface area contributed by atoms with Crippen molar-refractivity contribution in [3.8, 4) is 17.5 Å². The normalized spacial score (nSPS) is 15.6. The molecular formula is C20H15F3N2O4. The molecule has 0 saturated carbocycles. The van der Waals surface area contributed by atoms with Crippen LogP contribution < -0.4 is 15.0 Å². The fraction of sp³-hybridized carbons (Fsp3) is 0.200. The van der Waals surface area contributed by atoms with Crippen LogP contribution in [-0.2, 0) is 24.1 Å². The molecule has 1 unspecified atom stereocenters. The van der Waals surface area contributed by atoms with Gasteiger partial charge in [-0.3, -0.25) is 9.36 Å². The predicted octanol–water partition coefficient (Wildman–Crippen LogP) is 3.99. The molecule has 3 aromatic rings. The third kappa shape index (κ3) is 4.57. The van der Waals surface area contributed by atoms with Crippen LogP contribution in [0.2, 0.25) is 0 Å². The summed E-state index contributed by atoms with van der Waals surface area (Å²) in [5, 5.41) is 0. The van der Waals surface area contributed by atoms with E-state index in [9.17, 15) is 18.0 Å². The summed E-state index contributed by atoms with van der Waals surface area (Å²) in [6, 6.07) is 13.0. The molecule has 0 spiro atoms. The molecule has 0 saturated heterocycles. The first-order chi connectivity index (χ1) is 13.9. The zero-order valence-corrected chi connectivity index (χ0v) is 14.9. The molecule has 0 amide bonds. The third-order valence-corrected chi connectivity index (χ3v) is 4.21. The molecule has 0 radical (unpaired) electrons. The average Bonchev–Trinajstić information content (AvgIpc) is 3.09. The summed E-state index contributed by atoms with van der Waals surface area (Å²) in [6.07, 6.45) is -3.33. The van der Waals surface area contributed by atoms with Crippen molar-refractivity contribution in [3.63, 3.8) is 0 Å². The quantitative estimate of drug-likeness (QED) is 0.644. The number of benzene rings is 2. The van der Waals surface area contributed by atoms with E-state index in [0.29, 0.717) is 18.0 Å². The van der Waals surface area contributed by atoms with Gasteiger partial charge in [-0.25, -0.2) is 0 Å². The van der Waals surface area contributed by atoms with Crippen LogP contribution in [0.3, 0.4) is 0 Å². The number of rotatable bonds is 5. The summed E-state index contributed by atoms with van der Waals surface area (Å²) >= 11 is 0. The highest BCUT2D eigenvalue weighted by atomic mass is 19.4. The molecule has 0 aliphatic carbocycles. The number of halogens is 3. The first-order valence-electron chi connectivity index (χ1n) is 8.67. The fourth-order valence-corrected chi connectivity index (χ4v) is 2.74. The minimum atomic E-state index is -4.38. The highest BCUT2D eigenvalue weighted by molar-refractivity contribution is 5.35. The summed E-state index contributed by atoms with van der Waals surface area (Å²) in [6.45, 7) is 0.696. The lowest BCUT2D eigenvalue weighted by Crippen LogP contribution is -2.18. The second kappa shape index (κ2) is 7.59. The molecule has 150 valence electrons. The molecule has 9 heteroatoms. The summed E-state index contributed by atoms with van der Waals surface area (Å²) in [4.78, 5) is 15.0. The number of hydrogen-bond acceptors (Lipinski definition) is 5. The van der Waals surface area contributed by atoms with E-state index in [2.05, 4.69) is 4.98 Å². The highest BCUT2D eigenvalue weighted by Gasteiger charge is 2.30. The molecule has 1 atom stereocenters. The zero-order chi connectivity index (χ0) is 20.4. The second-order valence-electron chi connectivity index (χ2n) is 6.33. The van der Waals surface area contributed by atoms with E-state index < -0.39 is 18.0 Å². The Morgan fingerprint density at radius 2 is 1.69 bits per heavy atom. The van der Waals surface area contributed by atoms with Crippen molar-refractivity contribution in [1.29, 1.82) is 0 Å². The highest BCUT2D eigenvalue weighted by Crippen LogP contribution is 2.31. The van der Waals surface area contributed by atoms with Crippen molar-refractivity contribution in [2.45, 2.75) is 25.6 Å². The molecule has 2 heterocycles. The number of ether oxygens (including phenoxy) is 3. The topological polar surface area (TPSA) is 62.6 Å². The summed E-state index contributed by atoms with van der Waals surface area (Å²) in [7, 11) is 0. The van der Waals surface area contributed by atoms with Crippen molar-refractivity contribution in [2.24, 2.45) is 0 Å². The Hall–Kier alpha value is -3.33. The first-order valence-corrected chi connectivity index (χ1v) is 8.67. The van der Waals surface area contributed by atoms with E-state index in [1.807, 2.05) is 0 Å². The van der Waals surface area contributed by atoms with Crippen LogP contribution in [0, 0.1) is 0 Å². The summed E-state index contributed by atoms with van der Waals surface area (Å²) in [5.74, 6) is 0.794. The van der Waals surface area contributed by atoms with Gasteiger partial charge in [-0.1, -0.05) is 12.1 Å². The van der Waals surface area contributed by atoms with Crippen LogP contribution in [0.5, 0.6) is 17.5 Å². The van der Waals surface area contributed by atoms with Gasteiger partial charge < -0.3 is 14.2 Å². The van der Waals surface area contributed by atoms with E-state index in [1.54, 1.807) is 35.0 Å². The Bertz CT molecular complexity index is 1050. The van der Waals surface area contributed by atoms with Gasteiger partial charge in [0.1, 0.15) is 11.5 Å². The van der Waals surface area contributed by atoms with Gasteiger partial charge in [0.25, 0.3) is 5.56 Å². The number of fused-ring (bicyclic) bond motifs is 1. The second-order valence-corrected chi connectivity index (χ2v) is 6.33. The SMILES string of the molecule is O=c1ccn2c(n1)OC(OCc1ccc(Oc3ccc(C(F)(F)F)cc3)cc1)C2. The largest absolute Gasteiger partial charge is 0.457 e. The zero-order valence-electron chi connectivity index (χ0n) is 14.9. The van der Waals surface area contributed by atoms with Crippen molar-refractivity contribution < 1.29 is 27.4 Å². The Labute approximate surface area is 163 Å². The fourth-order valence-electron chi connectivity index (χ4n) is 2.74. The van der Waals surface area contributed by atoms with E-state index in [-0.39, 0.29) is 18.2 Å². The number of alkyl halides is 3. The lowest BCUT2D eigenvalue weighted by Gasteiger charge is -2.11. The van der Waals surface area contributed by atoms with Crippen molar-refractivity contribution in [3.05, 3.63) is 82.3 Å². The lowest BCUT2D eigenvalue weighted by atomic mass is 10.2. The average molecular weight is 404 g/mol. The van der Waals surface area contributed by atoms with E-state index in [1.165, 1.54) is 18.2 Å². The smallest absolute Gasteiger partial charge is 0.416 e. The lowest BCUT2D eigenvalue weighted by molar-refractivity contribution is -0.137. The Morgan fingerprint density at radius 3 is 2.34 bits per heavy atom. The first kappa shape index (κ1) is 19.0. The molecule has 1 aliphatic heterocycles. The molecule has 1 aromatic heterocycles. The van der Waals surface area contributed by atoms with Crippen LogP contribution >= 0.6 is 0 Å². The van der Waals surface area contributed by atoms with Gasteiger partial charge in [0.15, 0.2) is 0 Å². The monoisotopic (exact) mass is 404 g/mol. The molecule has 6 nitrogen and oxygen atoms in total. The van der Waals surface area contributed by atoms with Crippen LogP contribution in [0.25, 0.3) is 0 Å². The third-order valence-electron chi connectivity index (χ3n) is 4.21. The summed E-state index contributed by atoms with van der Waals surface area (Å²) < 4.78 is 56.2. The van der Waals surface area contributed by atoms with Gasteiger partial charge in [0, 0.05) is 12.3 Å². The Morgan fingerprint density at radius 1 is 1.03 bits per heavy atom. The van der Waals surface area contributed by atoms with E-state index >= 15 is 0 Å². The number of hydrogen-bond donors (Lipinski definition) is 0. The van der Waals surface area contributed by atoms with Gasteiger partial charge in [-0.05, 0) is 42.0 Å². The minimum Gasteiger partial charge on any atom is -0.457 e. The molecule has 4 rings (SSSR count). The van der Waals surface area contributed by atoms with Crippen LogP contribution in [0.4, 0.5) is 13.2 Å². The van der Waals surface area contributed by atoms with Crippen molar-refractivity contribution >= 4 is 0 Å². The molecular weight excluding hydrogens is 389 g/mol. The van der Waals surface area contributed by atoms with Crippen LogP contribution in [0.15, 0.2) is 65.6 Å². The van der Waals surface area contributed by atoms with Crippen LogP contribution in [0.1, 0.15) is 11.1 Å². The van der Waals surface area contributed by atoms with Gasteiger partial charge in [-0.15, -0.1) is 0 Å². The van der Waals surface area contributed by atoms with Gasteiger partial charge >= 0.3 is 12.2 Å². The molecule has 0 fully saturated rings. The van der Waals surface area contributed by atoms with Gasteiger partial charge in [0.05, 0.1) is 18.7 Å². The van der Waals surface area contributed by atoms with Gasteiger partial charge in [-0.2, -0.15) is 18.2 Å². The van der Waals surface area contributed by atoms with E-state index in [4.69, 9.17) is 14.2 Å². The number of aromatic nitrogens is 2. The maximum Gasteiger partial charge on any atom is 0.416 e. The maximum atomic E-state index is 12.6. The standard InChI is InChI=1S/C20H15F3N2O4/c21-20(22,23)14-3-7-16(8-4-14)28-15-5-1-13(2-6-15)12-27-18-11-25-10-9-17(26)24-19(25)29-18/h1-10,18H,11-12H2. The van der Waals surface area contributed by atoms with Crippen LogP contribution in [-0.4, -0.2) is 15.8 Å². The minimum absolute atomic E-state index is 0.225. The molecule has 0 bridgehead atoms. The van der Waals surface area contributed by atoms with Crippen molar-refractivity contribution in [1.82, 2.24) is 9.55 Å². The maximum absolute atomic E-state index is 12.6. The predicted molar refractivity (Wildman–Crippen MR) is 95.7 cm³/mol. The summed E-state index contributed by atoms with van der Waals surface area (Å²) in [5.41, 5.74) is -0.249. The Kier molecular flexibility index (Phi) is 4.98. The molecule has 1 aliphatic rings. The van der Waals surface area contributed by atoms with Gasteiger partial charge in [0.2, 0.25) is 6.29 Å². The van der Waals surface area contributed by atoms with E-state index in [0.717, 1.165) is 17.7 Å². The molecule has 2 aromatic carbocycles. The molecule has 29 heavy (non-hydrogen) atoms.